The van der Waals surface area contributed by atoms with Crippen molar-refractivity contribution < 1.29 is 14.4 Å². The van der Waals surface area contributed by atoms with Crippen LogP contribution in [0.3, 0.4) is 0 Å². The standard InChI is InChI=1S/C21H15Cl3N2O3/c22-15-5-8-17(9-6-15)28-12-13-1-3-14(4-2-13)21(27)29-26-20(25)18-10-7-16(23)11-19(18)24/h1-11H,12H2,(H2,25,26). The molecule has 0 heterocycles. The summed E-state index contributed by atoms with van der Waals surface area (Å²) in [7, 11) is 0. The molecule has 0 amide bonds. The number of rotatable bonds is 6. The van der Waals surface area contributed by atoms with Gasteiger partial charge >= 0.3 is 5.97 Å². The van der Waals surface area contributed by atoms with Gasteiger partial charge in [-0.2, -0.15) is 0 Å². The quantitative estimate of drug-likeness (QED) is 0.227. The summed E-state index contributed by atoms with van der Waals surface area (Å²) in [5.74, 6) is 0.0137. The number of amidine groups is 1. The molecule has 0 bridgehead atoms. The number of hydrogen-bond donors (Lipinski definition) is 1. The molecule has 3 aromatic rings. The number of carbonyl (C=O) groups is 1. The molecular weight excluding hydrogens is 435 g/mol. The fourth-order valence-corrected chi connectivity index (χ4v) is 2.96. The Morgan fingerprint density at radius 2 is 1.55 bits per heavy atom. The summed E-state index contributed by atoms with van der Waals surface area (Å²) in [5.41, 5.74) is 7.44. The summed E-state index contributed by atoms with van der Waals surface area (Å²) in [6.07, 6.45) is 0. The molecule has 5 nitrogen and oxygen atoms in total. The largest absolute Gasteiger partial charge is 0.489 e. The summed E-state index contributed by atoms with van der Waals surface area (Å²) < 4.78 is 5.66. The maximum Gasteiger partial charge on any atom is 0.365 e. The molecule has 0 aromatic heterocycles. The van der Waals surface area contributed by atoms with E-state index in [0.29, 0.717) is 38.6 Å². The lowest BCUT2D eigenvalue weighted by Crippen LogP contribution is -2.15. The monoisotopic (exact) mass is 448 g/mol. The van der Waals surface area contributed by atoms with Crippen molar-refractivity contribution in [3.8, 4) is 5.75 Å². The van der Waals surface area contributed by atoms with Crippen molar-refractivity contribution in [1.29, 1.82) is 0 Å². The van der Waals surface area contributed by atoms with Crippen LogP contribution in [0.15, 0.2) is 71.9 Å². The van der Waals surface area contributed by atoms with Crippen LogP contribution in [-0.2, 0) is 11.4 Å². The van der Waals surface area contributed by atoms with Crippen molar-refractivity contribution in [3.05, 3.63) is 98.5 Å². The summed E-state index contributed by atoms with van der Waals surface area (Å²) in [4.78, 5) is 17.1. The van der Waals surface area contributed by atoms with E-state index >= 15 is 0 Å². The first-order valence-electron chi connectivity index (χ1n) is 8.40. The lowest BCUT2D eigenvalue weighted by atomic mass is 10.1. The van der Waals surface area contributed by atoms with E-state index in [-0.39, 0.29) is 5.84 Å². The molecule has 0 fully saturated rings. The molecule has 148 valence electrons. The Morgan fingerprint density at radius 3 is 2.21 bits per heavy atom. The van der Waals surface area contributed by atoms with Crippen LogP contribution in [-0.4, -0.2) is 11.8 Å². The highest BCUT2D eigenvalue weighted by molar-refractivity contribution is 6.36. The van der Waals surface area contributed by atoms with Crippen molar-refractivity contribution in [2.24, 2.45) is 10.9 Å². The molecule has 0 aliphatic carbocycles. The first kappa shape index (κ1) is 21.0. The van der Waals surface area contributed by atoms with E-state index in [1.165, 1.54) is 6.07 Å². The van der Waals surface area contributed by atoms with Crippen molar-refractivity contribution in [1.82, 2.24) is 0 Å². The van der Waals surface area contributed by atoms with Crippen LogP contribution in [0.4, 0.5) is 0 Å². The number of halogens is 3. The zero-order valence-corrected chi connectivity index (χ0v) is 17.2. The molecule has 0 saturated heterocycles. The Labute approximate surface area is 182 Å². The predicted octanol–water partition coefficient (Wildman–Crippen LogP) is 5.70. The molecule has 0 atom stereocenters. The van der Waals surface area contributed by atoms with Gasteiger partial charge in [-0.25, -0.2) is 4.79 Å². The average Bonchev–Trinajstić information content (AvgIpc) is 2.72. The fraction of sp³-hybridized carbons (Fsp3) is 0.0476. The SMILES string of the molecule is N/C(=N\OC(=O)c1ccc(COc2ccc(Cl)cc2)cc1)c1ccc(Cl)cc1Cl. The molecular formula is C21H15Cl3N2O3. The molecule has 29 heavy (non-hydrogen) atoms. The normalized spacial score (nSPS) is 11.2. The summed E-state index contributed by atoms with van der Waals surface area (Å²) in [6.45, 7) is 0.344. The van der Waals surface area contributed by atoms with Gasteiger partial charge in [0.25, 0.3) is 0 Å². The number of nitrogens with two attached hydrogens (primary N) is 1. The highest BCUT2D eigenvalue weighted by atomic mass is 35.5. The number of benzene rings is 3. The highest BCUT2D eigenvalue weighted by Gasteiger charge is 2.10. The molecule has 0 spiro atoms. The van der Waals surface area contributed by atoms with Crippen LogP contribution < -0.4 is 10.5 Å². The van der Waals surface area contributed by atoms with Gasteiger partial charge in [0.2, 0.25) is 0 Å². The second-order valence-electron chi connectivity index (χ2n) is 5.92. The minimum atomic E-state index is -0.650. The van der Waals surface area contributed by atoms with E-state index < -0.39 is 5.97 Å². The zero-order valence-electron chi connectivity index (χ0n) is 14.9. The Hall–Kier alpha value is -2.73. The second-order valence-corrected chi connectivity index (χ2v) is 7.20. The number of ether oxygens (including phenoxy) is 1. The maximum atomic E-state index is 12.2. The van der Waals surface area contributed by atoms with E-state index in [1.807, 2.05) is 0 Å². The first-order chi connectivity index (χ1) is 13.9. The Morgan fingerprint density at radius 1 is 0.897 bits per heavy atom. The highest BCUT2D eigenvalue weighted by Crippen LogP contribution is 2.21. The molecule has 3 aromatic carbocycles. The van der Waals surface area contributed by atoms with Crippen LogP contribution in [0, 0.1) is 0 Å². The van der Waals surface area contributed by atoms with E-state index in [1.54, 1.807) is 60.7 Å². The average molecular weight is 450 g/mol. The number of nitrogens with zero attached hydrogens (tertiary/aromatic N) is 1. The molecule has 3 rings (SSSR count). The van der Waals surface area contributed by atoms with Gasteiger partial charge in [0, 0.05) is 15.6 Å². The van der Waals surface area contributed by atoms with Crippen LogP contribution in [0.5, 0.6) is 5.75 Å². The van der Waals surface area contributed by atoms with E-state index in [0.717, 1.165) is 5.56 Å². The lowest BCUT2D eigenvalue weighted by molar-refractivity contribution is 0.0516. The lowest BCUT2D eigenvalue weighted by Gasteiger charge is -2.07. The van der Waals surface area contributed by atoms with Crippen molar-refractivity contribution in [3.63, 3.8) is 0 Å². The van der Waals surface area contributed by atoms with Gasteiger partial charge in [0.15, 0.2) is 5.84 Å². The van der Waals surface area contributed by atoms with Gasteiger partial charge in [-0.3, -0.25) is 0 Å². The minimum Gasteiger partial charge on any atom is -0.489 e. The summed E-state index contributed by atoms with van der Waals surface area (Å²) >= 11 is 17.7. The molecule has 0 unspecified atom stereocenters. The van der Waals surface area contributed by atoms with Crippen LogP contribution in [0.2, 0.25) is 15.1 Å². The van der Waals surface area contributed by atoms with E-state index in [9.17, 15) is 4.79 Å². The van der Waals surface area contributed by atoms with Crippen molar-refractivity contribution >= 4 is 46.6 Å². The van der Waals surface area contributed by atoms with Gasteiger partial charge in [0.1, 0.15) is 12.4 Å². The minimum absolute atomic E-state index is 0.0343. The molecule has 0 aliphatic rings. The molecule has 8 heteroatoms. The Kier molecular flexibility index (Phi) is 6.99. The summed E-state index contributed by atoms with van der Waals surface area (Å²) in [5, 5.41) is 5.06. The smallest absolute Gasteiger partial charge is 0.365 e. The summed E-state index contributed by atoms with van der Waals surface area (Å²) in [6, 6.07) is 18.5. The van der Waals surface area contributed by atoms with Crippen LogP contribution in [0.25, 0.3) is 0 Å². The van der Waals surface area contributed by atoms with Crippen molar-refractivity contribution in [2.75, 3.05) is 0 Å². The number of carbonyl (C=O) groups excluding carboxylic acids is 1. The molecule has 0 radical (unpaired) electrons. The third-order valence-corrected chi connectivity index (χ3v) is 4.64. The first-order valence-corrected chi connectivity index (χ1v) is 9.53. The molecule has 0 aliphatic heterocycles. The van der Waals surface area contributed by atoms with Crippen LogP contribution >= 0.6 is 34.8 Å². The second kappa shape index (κ2) is 9.65. The van der Waals surface area contributed by atoms with E-state index in [2.05, 4.69) is 5.16 Å². The van der Waals surface area contributed by atoms with Gasteiger partial charge < -0.3 is 15.3 Å². The van der Waals surface area contributed by atoms with Crippen molar-refractivity contribution in [2.45, 2.75) is 6.61 Å². The number of hydrogen-bond acceptors (Lipinski definition) is 4. The molecule has 2 N–H and O–H groups in total. The van der Waals surface area contributed by atoms with Gasteiger partial charge in [-0.05, 0) is 60.2 Å². The zero-order chi connectivity index (χ0) is 20.8. The Balaban J connectivity index is 1.59. The van der Waals surface area contributed by atoms with E-state index in [4.69, 9.17) is 50.1 Å². The van der Waals surface area contributed by atoms with Gasteiger partial charge in [-0.15, -0.1) is 0 Å². The topological polar surface area (TPSA) is 73.9 Å². The number of oxime groups is 1. The molecule has 0 saturated carbocycles. The van der Waals surface area contributed by atoms with Crippen LogP contribution in [0.1, 0.15) is 21.5 Å². The Bertz CT molecular complexity index is 1040. The fourth-order valence-electron chi connectivity index (χ4n) is 2.32. The van der Waals surface area contributed by atoms with Gasteiger partial charge in [0.05, 0.1) is 10.6 Å². The third kappa shape index (κ3) is 5.87. The predicted molar refractivity (Wildman–Crippen MR) is 115 cm³/mol. The maximum absolute atomic E-state index is 12.2. The third-order valence-electron chi connectivity index (χ3n) is 3.84. The van der Waals surface area contributed by atoms with Gasteiger partial charge in [-0.1, -0.05) is 52.1 Å².